The fourth-order valence-electron chi connectivity index (χ4n) is 3.19. The van der Waals surface area contributed by atoms with Gasteiger partial charge in [-0.05, 0) is 23.8 Å². The zero-order valence-corrected chi connectivity index (χ0v) is 14.6. The van der Waals surface area contributed by atoms with Crippen LogP contribution in [0.3, 0.4) is 0 Å². The Labute approximate surface area is 155 Å². The molecule has 1 aliphatic heterocycles. The van der Waals surface area contributed by atoms with Crippen LogP contribution in [-0.4, -0.2) is 43.9 Å². The van der Waals surface area contributed by atoms with E-state index in [1.165, 1.54) is 29.9 Å². The number of imidazole rings is 1. The van der Waals surface area contributed by atoms with Gasteiger partial charge in [0.25, 0.3) is 5.92 Å². The van der Waals surface area contributed by atoms with Gasteiger partial charge in [-0.25, -0.2) is 27.3 Å². The molecule has 146 valence electrons. The monoisotopic (exact) mass is 394 g/mol. The summed E-state index contributed by atoms with van der Waals surface area (Å²) in [5.74, 6) is -5.54. The van der Waals surface area contributed by atoms with Crippen molar-refractivity contribution in [2.24, 2.45) is 7.05 Å². The molecule has 1 amide bonds. The van der Waals surface area contributed by atoms with Gasteiger partial charge >= 0.3 is 5.69 Å². The van der Waals surface area contributed by atoms with Gasteiger partial charge in [0, 0.05) is 18.8 Å². The highest BCUT2D eigenvalue weighted by molar-refractivity contribution is 5.82. The molecule has 1 aliphatic rings. The summed E-state index contributed by atoms with van der Waals surface area (Å²) in [5, 5.41) is 0. The number of aryl methyl sites for hydroxylation is 1. The number of alkyl halides is 2. The lowest BCUT2D eigenvalue weighted by Crippen LogP contribution is -2.59. The normalized spacial score (nSPS) is 15.7. The number of carbonyl (C=O) groups is 1. The fourth-order valence-corrected chi connectivity index (χ4v) is 3.19. The minimum absolute atomic E-state index is 0.276. The molecule has 1 fully saturated rings. The molecule has 2 aromatic heterocycles. The van der Waals surface area contributed by atoms with Crippen LogP contribution in [0.5, 0.6) is 0 Å². The highest BCUT2D eigenvalue weighted by atomic mass is 19.3. The van der Waals surface area contributed by atoms with Crippen molar-refractivity contribution in [2.75, 3.05) is 13.1 Å². The minimum atomic E-state index is -2.90. The predicted octanol–water partition coefficient (Wildman–Crippen LogP) is 2.16. The lowest BCUT2D eigenvalue weighted by atomic mass is 10.1. The van der Waals surface area contributed by atoms with Gasteiger partial charge in [0.2, 0.25) is 5.91 Å². The standard InChI is InChI=1S/C18H14F4N4O2/c1-24-16-14(5-11(6-23-16)10-2-3-12(19)13(20)4-10)26(17(24)28)7-15(27)25-8-18(21,22)9-25/h2-6H,7-9H2,1H3. The largest absolute Gasteiger partial charge is 0.330 e. The maximum absolute atomic E-state index is 13.5. The summed E-state index contributed by atoms with van der Waals surface area (Å²) in [6, 6.07) is 4.85. The summed E-state index contributed by atoms with van der Waals surface area (Å²) in [4.78, 5) is 29.9. The highest BCUT2D eigenvalue weighted by Crippen LogP contribution is 2.27. The summed E-state index contributed by atoms with van der Waals surface area (Å²) in [6.07, 6.45) is 1.40. The number of pyridine rings is 1. The van der Waals surface area contributed by atoms with Crippen LogP contribution in [0.2, 0.25) is 0 Å². The second kappa shape index (κ2) is 6.18. The number of rotatable bonds is 3. The third kappa shape index (κ3) is 2.94. The van der Waals surface area contributed by atoms with Crippen LogP contribution in [0.1, 0.15) is 0 Å². The number of halogens is 4. The van der Waals surface area contributed by atoms with Gasteiger partial charge in [-0.2, -0.15) is 0 Å². The molecule has 1 saturated heterocycles. The third-order valence-electron chi connectivity index (χ3n) is 4.72. The van der Waals surface area contributed by atoms with E-state index in [2.05, 4.69) is 4.98 Å². The van der Waals surface area contributed by atoms with Crippen LogP contribution < -0.4 is 5.69 Å². The first kappa shape index (κ1) is 18.2. The summed E-state index contributed by atoms with van der Waals surface area (Å²) >= 11 is 0. The van der Waals surface area contributed by atoms with Crippen molar-refractivity contribution < 1.29 is 22.4 Å². The van der Waals surface area contributed by atoms with Crippen LogP contribution >= 0.6 is 0 Å². The number of hydrogen-bond donors (Lipinski definition) is 0. The molecule has 0 radical (unpaired) electrons. The van der Waals surface area contributed by atoms with E-state index in [1.807, 2.05) is 0 Å². The van der Waals surface area contributed by atoms with Gasteiger partial charge in [0.15, 0.2) is 17.3 Å². The maximum atomic E-state index is 13.5. The van der Waals surface area contributed by atoms with Gasteiger partial charge in [-0.3, -0.25) is 13.9 Å². The molecule has 1 aromatic carbocycles. The molecule has 0 atom stereocenters. The Bertz CT molecular complexity index is 1160. The average Bonchev–Trinajstić information content (AvgIpc) is 2.86. The Morgan fingerprint density at radius 2 is 1.86 bits per heavy atom. The van der Waals surface area contributed by atoms with E-state index in [-0.39, 0.29) is 11.2 Å². The van der Waals surface area contributed by atoms with E-state index in [1.54, 1.807) is 0 Å². The van der Waals surface area contributed by atoms with E-state index >= 15 is 0 Å². The van der Waals surface area contributed by atoms with Gasteiger partial charge < -0.3 is 4.90 Å². The number of carbonyl (C=O) groups excluding carboxylic acids is 1. The summed E-state index contributed by atoms with van der Waals surface area (Å²) in [6.45, 7) is -1.78. The van der Waals surface area contributed by atoms with E-state index in [0.717, 1.165) is 21.6 Å². The zero-order chi connectivity index (χ0) is 20.2. The van der Waals surface area contributed by atoms with Crippen LogP contribution in [0, 0.1) is 11.6 Å². The first-order chi connectivity index (χ1) is 13.2. The Kier molecular flexibility index (Phi) is 4.02. The minimum Gasteiger partial charge on any atom is -0.329 e. The van der Waals surface area contributed by atoms with Crippen molar-refractivity contribution in [3.63, 3.8) is 0 Å². The van der Waals surface area contributed by atoms with Crippen molar-refractivity contribution in [1.82, 2.24) is 19.0 Å². The maximum Gasteiger partial charge on any atom is 0.330 e. The molecule has 3 aromatic rings. The Morgan fingerprint density at radius 1 is 1.14 bits per heavy atom. The van der Waals surface area contributed by atoms with E-state index in [9.17, 15) is 27.2 Å². The molecular formula is C18H14F4N4O2. The number of amides is 1. The summed E-state index contributed by atoms with van der Waals surface area (Å²) in [5.41, 5.74) is 0.776. The van der Waals surface area contributed by atoms with Crippen molar-refractivity contribution >= 4 is 17.1 Å². The number of fused-ring (bicyclic) bond motifs is 1. The van der Waals surface area contributed by atoms with Crippen LogP contribution in [0.15, 0.2) is 35.3 Å². The number of benzene rings is 1. The van der Waals surface area contributed by atoms with E-state index in [0.29, 0.717) is 11.1 Å². The SMILES string of the molecule is Cn1c(=O)n(CC(=O)N2CC(F)(F)C2)c2cc(-c3ccc(F)c(F)c3)cnc21. The van der Waals surface area contributed by atoms with Gasteiger partial charge in [0.1, 0.15) is 6.54 Å². The topological polar surface area (TPSA) is 60.1 Å². The second-order valence-electron chi connectivity index (χ2n) is 6.73. The predicted molar refractivity (Wildman–Crippen MR) is 91.9 cm³/mol. The van der Waals surface area contributed by atoms with Crippen LogP contribution in [0.25, 0.3) is 22.3 Å². The quantitative estimate of drug-likeness (QED) is 0.640. The number of nitrogens with zero attached hydrogens (tertiary/aromatic N) is 4. The van der Waals surface area contributed by atoms with E-state index in [4.69, 9.17) is 0 Å². The molecule has 6 nitrogen and oxygen atoms in total. The molecule has 3 heterocycles. The molecular weight excluding hydrogens is 380 g/mol. The first-order valence-electron chi connectivity index (χ1n) is 8.32. The van der Waals surface area contributed by atoms with Crippen molar-refractivity contribution in [3.05, 3.63) is 52.6 Å². The molecule has 4 rings (SSSR count). The Balaban J connectivity index is 1.74. The summed E-state index contributed by atoms with van der Waals surface area (Å²) in [7, 11) is 1.47. The molecule has 0 unspecified atom stereocenters. The molecule has 0 aliphatic carbocycles. The number of hydrogen-bond acceptors (Lipinski definition) is 3. The lowest BCUT2D eigenvalue weighted by molar-refractivity contribution is -0.166. The molecule has 0 saturated carbocycles. The van der Waals surface area contributed by atoms with Gasteiger partial charge in [-0.15, -0.1) is 0 Å². The third-order valence-corrected chi connectivity index (χ3v) is 4.72. The molecule has 0 spiro atoms. The van der Waals surface area contributed by atoms with Gasteiger partial charge in [-0.1, -0.05) is 6.07 Å². The number of likely N-dealkylation sites (tertiary alicyclic amines) is 1. The molecule has 0 bridgehead atoms. The smallest absolute Gasteiger partial charge is 0.329 e. The molecule has 10 heteroatoms. The summed E-state index contributed by atoms with van der Waals surface area (Å²) < 4.78 is 55.0. The van der Waals surface area contributed by atoms with Crippen molar-refractivity contribution in [2.45, 2.75) is 12.5 Å². The highest BCUT2D eigenvalue weighted by Gasteiger charge is 2.46. The molecule has 0 N–H and O–H groups in total. The Hall–Kier alpha value is -3.17. The van der Waals surface area contributed by atoms with Crippen LogP contribution in [-0.2, 0) is 18.4 Å². The van der Waals surface area contributed by atoms with E-state index < -0.39 is 48.8 Å². The lowest BCUT2D eigenvalue weighted by Gasteiger charge is -2.38. The van der Waals surface area contributed by atoms with Gasteiger partial charge in [0.05, 0.1) is 18.6 Å². The Morgan fingerprint density at radius 3 is 2.50 bits per heavy atom. The van der Waals surface area contributed by atoms with Crippen molar-refractivity contribution in [1.29, 1.82) is 0 Å². The fraction of sp³-hybridized carbons (Fsp3) is 0.278. The first-order valence-corrected chi connectivity index (χ1v) is 8.32. The van der Waals surface area contributed by atoms with Crippen molar-refractivity contribution in [3.8, 4) is 11.1 Å². The second-order valence-corrected chi connectivity index (χ2v) is 6.73. The zero-order valence-electron chi connectivity index (χ0n) is 14.6. The average molecular weight is 394 g/mol. The molecule has 28 heavy (non-hydrogen) atoms. The number of aromatic nitrogens is 3. The van der Waals surface area contributed by atoms with Crippen LogP contribution in [0.4, 0.5) is 17.6 Å².